The molecule has 88 valence electrons. The van der Waals surface area contributed by atoms with Gasteiger partial charge >= 0.3 is 5.97 Å². The third-order valence-corrected chi connectivity index (χ3v) is 2.58. The Morgan fingerprint density at radius 3 is 2.67 bits per heavy atom. The lowest BCUT2D eigenvalue weighted by Crippen LogP contribution is -2.09. The number of benzene rings is 1. The van der Waals surface area contributed by atoms with Crippen LogP contribution in [0.5, 0.6) is 0 Å². The number of pyridine rings is 1. The van der Waals surface area contributed by atoms with Crippen LogP contribution in [-0.2, 0) is 4.74 Å². The second-order valence-corrected chi connectivity index (χ2v) is 4.06. The van der Waals surface area contributed by atoms with Gasteiger partial charge in [-0.15, -0.1) is 0 Å². The fourth-order valence-electron chi connectivity index (χ4n) is 1.67. The topological polar surface area (TPSA) is 39.2 Å². The van der Waals surface area contributed by atoms with Crippen LogP contribution in [0.4, 0.5) is 0 Å². The highest BCUT2D eigenvalue weighted by Crippen LogP contribution is 2.17. The molecule has 18 heavy (non-hydrogen) atoms. The van der Waals surface area contributed by atoms with Gasteiger partial charge < -0.3 is 4.74 Å². The summed E-state index contributed by atoms with van der Waals surface area (Å²) in [5.41, 5.74) is 3.59. The lowest BCUT2D eigenvalue weighted by atomic mass is 9.91. The van der Waals surface area contributed by atoms with Gasteiger partial charge in [0.1, 0.15) is 7.85 Å². The van der Waals surface area contributed by atoms with Crippen molar-refractivity contribution in [1.29, 1.82) is 0 Å². The smallest absolute Gasteiger partial charge is 0.337 e. The zero-order valence-corrected chi connectivity index (χ0v) is 10.3. The van der Waals surface area contributed by atoms with Crippen LogP contribution in [0.3, 0.4) is 0 Å². The first-order valence-corrected chi connectivity index (χ1v) is 5.52. The molecule has 1 aromatic carbocycles. The quantitative estimate of drug-likeness (QED) is 0.588. The average Bonchev–Trinajstić information content (AvgIpc) is 2.38. The molecule has 2 aromatic rings. The van der Waals surface area contributed by atoms with Crippen molar-refractivity contribution < 1.29 is 9.53 Å². The number of hydrogen-bond donors (Lipinski definition) is 0. The number of aromatic nitrogens is 1. The Kier molecular flexibility index (Phi) is 3.46. The van der Waals surface area contributed by atoms with Crippen molar-refractivity contribution in [3.8, 4) is 11.3 Å². The molecular weight excluding hydrogens is 225 g/mol. The van der Waals surface area contributed by atoms with E-state index in [0.29, 0.717) is 11.0 Å². The number of esters is 1. The Morgan fingerprint density at radius 2 is 2.06 bits per heavy atom. The number of nitrogens with zero attached hydrogens (tertiary/aromatic N) is 1. The van der Waals surface area contributed by atoms with Crippen LogP contribution in [-0.4, -0.2) is 25.9 Å². The minimum absolute atomic E-state index is 0.407. The van der Waals surface area contributed by atoms with Gasteiger partial charge in [-0.3, -0.25) is 4.98 Å². The Balaban J connectivity index is 2.48. The average molecular weight is 237 g/mol. The van der Waals surface area contributed by atoms with Crippen molar-refractivity contribution in [1.82, 2.24) is 4.98 Å². The second-order valence-electron chi connectivity index (χ2n) is 4.06. The minimum Gasteiger partial charge on any atom is -0.465 e. The molecule has 1 aromatic heterocycles. The number of ether oxygens (including phenoxy) is 1. The van der Waals surface area contributed by atoms with E-state index in [0.717, 1.165) is 16.8 Å². The van der Waals surface area contributed by atoms with E-state index in [1.165, 1.54) is 7.11 Å². The third kappa shape index (κ3) is 2.59. The molecule has 1 heterocycles. The van der Waals surface area contributed by atoms with Gasteiger partial charge in [0.2, 0.25) is 0 Å². The summed E-state index contributed by atoms with van der Waals surface area (Å²) < 4.78 is 4.69. The zero-order valence-electron chi connectivity index (χ0n) is 10.3. The van der Waals surface area contributed by atoms with Crippen LogP contribution in [0, 0.1) is 6.92 Å². The van der Waals surface area contributed by atoms with Gasteiger partial charge in [-0.1, -0.05) is 23.7 Å². The Morgan fingerprint density at radius 1 is 1.28 bits per heavy atom. The molecule has 4 heteroatoms. The Hall–Kier alpha value is -2.10. The van der Waals surface area contributed by atoms with Gasteiger partial charge in [0.05, 0.1) is 18.4 Å². The zero-order chi connectivity index (χ0) is 13.1. The highest BCUT2D eigenvalue weighted by molar-refractivity contribution is 6.33. The standard InChI is InChI=1S/C14H12BNO2/c1-9-3-4-13(16-8-9)10-5-11(14(17)18-2)7-12(15)6-10/h3-8H,1-2H3. The van der Waals surface area contributed by atoms with E-state index >= 15 is 0 Å². The molecule has 0 saturated heterocycles. The van der Waals surface area contributed by atoms with E-state index in [1.807, 2.05) is 19.1 Å². The fraction of sp³-hybridized carbons (Fsp3) is 0.143. The van der Waals surface area contributed by atoms with Gasteiger partial charge in [0, 0.05) is 11.8 Å². The molecule has 0 aliphatic heterocycles. The SMILES string of the molecule is [B]c1cc(C(=O)OC)cc(-c2ccc(C)cn2)c1. The van der Waals surface area contributed by atoms with Crippen LogP contribution >= 0.6 is 0 Å². The summed E-state index contributed by atoms with van der Waals surface area (Å²) >= 11 is 0. The van der Waals surface area contributed by atoms with E-state index in [4.69, 9.17) is 7.85 Å². The van der Waals surface area contributed by atoms with Crippen LogP contribution in [0.15, 0.2) is 36.5 Å². The molecule has 0 amide bonds. The molecule has 0 aliphatic rings. The fourth-order valence-corrected chi connectivity index (χ4v) is 1.67. The minimum atomic E-state index is -0.407. The number of methoxy groups -OCH3 is 1. The van der Waals surface area contributed by atoms with Crippen molar-refractivity contribution in [2.45, 2.75) is 6.92 Å². The lowest BCUT2D eigenvalue weighted by molar-refractivity contribution is 0.0601. The Labute approximate surface area is 107 Å². The maximum atomic E-state index is 11.5. The summed E-state index contributed by atoms with van der Waals surface area (Å²) in [6.45, 7) is 1.97. The van der Waals surface area contributed by atoms with Gasteiger partial charge in [-0.25, -0.2) is 4.79 Å². The maximum absolute atomic E-state index is 11.5. The summed E-state index contributed by atoms with van der Waals surface area (Å²) in [7, 11) is 7.13. The summed E-state index contributed by atoms with van der Waals surface area (Å²) in [4.78, 5) is 15.8. The van der Waals surface area contributed by atoms with Crippen LogP contribution in [0.25, 0.3) is 11.3 Å². The number of carbonyl (C=O) groups is 1. The van der Waals surface area contributed by atoms with E-state index in [9.17, 15) is 4.79 Å². The molecule has 0 spiro atoms. The maximum Gasteiger partial charge on any atom is 0.337 e. The van der Waals surface area contributed by atoms with Crippen LogP contribution in [0.2, 0.25) is 0 Å². The second kappa shape index (κ2) is 5.04. The first kappa shape index (κ1) is 12.4. The summed E-state index contributed by atoms with van der Waals surface area (Å²) in [5.74, 6) is -0.407. The van der Waals surface area contributed by atoms with E-state index < -0.39 is 5.97 Å². The molecule has 0 bridgehead atoms. The van der Waals surface area contributed by atoms with Crippen molar-refractivity contribution in [2.24, 2.45) is 0 Å². The molecule has 0 saturated carbocycles. The predicted molar refractivity (Wildman–Crippen MR) is 71.1 cm³/mol. The molecular formula is C14H12BNO2. The van der Waals surface area contributed by atoms with E-state index in [1.54, 1.807) is 24.4 Å². The molecule has 2 rings (SSSR count). The molecule has 0 fully saturated rings. The van der Waals surface area contributed by atoms with Crippen LogP contribution in [0.1, 0.15) is 15.9 Å². The van der Waals surface area contributed by atoms with Crippen molar-refractivity contribution in [2.75, 3.05) is 7.11 Å². The first-order chi connectivity index (χ1) is 8.60. The highest BCUT2D eigenvalue weighted by Gasteiger charge is 2.08. The van der Waals surface area contributed by atoms with Gasteiger partial charge in [-0.2, -0.15) is 0 Å². The van der Waals surface area contributed by atoms with Gasteiger partial charge in [0.25, 0.3) is 0 Å². The van der Waals surface area contributed by atoms with Crippen molar-refractivity contribution >= 4 is 19.3 Å². The number of rotatable bonds is 2. The van der Waals surface area contributed by atoms with E-state index in [-0.39, 0.29) is 0 Å². The normalized spacial score (nSPS) is 10.1. The third-order valence-electron chi connectivity index (χ3n) is 2.58. The Bertz CT molecular complexity index is 579. The van der Waals surface area contributed by atoms with Crippen molar-refractivity contribution in [3.63, 3.8) is 0 Å². The first-order valence-electron chi connectivity index (χ1n) is 5.52. The molecule has 0 aliphatic carbocycles. The molecule has 0 N–H and O–H groups in total. The van der Waals surface area contributed by atoms with Gasteiger partial charge in [-0.05, 0) is 24.6 Å². The number of carbonyl (C=O) groups excluding carboxylic acids is 1. The molecule has 0 unspecified atom stereocenters. The van der Waals surface area contributed by atoms with E-state index in [2.05, 4.69) is 9.72 Å². The largest absolute Gasteiger partial charge is 0.465 e. The highest BCUT2D eigenvalue weighted by atomic mass is 16.5. The molecule has 0 atom stereocenters. The summed E-state index contributed by atoms with van der Waals surface area (Å²) in [5, 5.41) is 0. The summed E-state index contributed by atoms with van der Waals surface area (Å²) in [6.07, 6.45) is 1.77. The lowest BCUT2D eigenvalue weighted by Gasteiger charge is -2.06. The molecule has 2 radical (unpaired) electrons. The van der Waals surface area contributed by atoms with Gasteiger partial charge in [0.15, 0.2) is 0 Å². The molecule has 3 nitrogen and oxygen atoms in total. The predicted octanol–water partition coefficient (Wildman–Crippen LogP) is 1.64. The monoisotopic (exact) mass is 237 g/mol. The van der Waals surface area contributed by atoms with Crippen LogP contribution < -0.4 is 5.46 Å². The summed E-state index contributed by atoms with van der Waals surface area (Å²) in [6, 6.07) is 8.95. The number of aryl methyl sites for hydroxylation is 1. The number of hydrogen-bond acceptors (Lipinski definition) is 3. The van der Waals surface area contributed by atoms with Crippen molar-refractivity contribution in [3.05, 3.63) is 47.7 Å².